The highest BCUT2D eigenvalue weighted by Gasteiger charge is 2.12. The molecule has 0 aromatic heterocycles. The summed E-state index contributed by atoms with van der Waals surface area (Å²) in [5, 5.41) is 3.35. The van der Waals surface area contributed by atoms with Crippen LogP contribution in [-0.2, 0) is 0 Å². The van der Waals surface area contributed by atoms with Gasteiger partial charge < -0.3 is 11.1 Å². The summed E-state index contributed by atoms with van der Waals surface area (Å²) in [5.41, 5.74) is 5.41. The number of hydrogen-bond donors (Lipinski definition) is 2. The van der Waals surface area contributed by atoms with Crippen LogP contribution in [0.1, 0.15) is 40.5 Å². The van der Waals surface area contributed by atoms with Crippen LogP contribution >= 0.6 is 0 Å². The Kier molecular flexibility index (Phi) is 8.20. The molecule has 0 aromatic carbocycles. The second-order valence-corrected chi connectivity index (χ2v) is 4.91. The van der Waals surface area contributed by atoms with Crippen LogP contribution in [0.25, 0.3) is 0 Å². The van der Waals surface area contributed by atoms with Crippen LogP contribution in [0.3, 0.4) is 0 Å². The van der Waals surface area contributed by atoms with Crippen molar-refractivity contribution in [3.05, 3.63) is 0 Å². The monoisotopic (exact) mass is 200 g/mol. The van der Waals surface area contributed by atoms with Crippen LogP contribution in [0, 0.1) is 17.8 Å². The number of nitrogens with two attached hydrogens (primary N) is 1. The predicted octanol–water partition coefficient (Wildman–Crippen LogP) is 2.24. The Bertz CT molecular complexity index is 123. The maximum absolute atomic E-state index is 5.41. The first-order valence-electron chi connectivity index (χ1n) is 5.98. The van der Waals surface area contributed by atoms with Crippen molar-refractivity contribution in [2.45, 2.75) is 40.5 Å². The van der Waals surface area contributed by atoms with Crippen LogP contribution in [0.15, 0.2) is 0 Å². The van der Waals surface area contributed by atoms with Gasteiger partial charge in [-0.15, -0.1) is 0 Å². The Hall–Kier alpha value is -0.0800. The standard InChI is InChI=1S/C12H28N2/c1-10(2)9-12(4)11(3)5-7-14-8-6-13/h10-12,14H,5-9,13H2,1-4H3. The largest absolute Gasteiger partial charge is 0.329 e. The fourth-order valence-electron chi connectivity index (χ4n) is 1.82. The second kappa shape index (κ2) is 8.25. The zero-order chi connectivity index (χ0) is 11.0. The number of nitrogens with one attached hydrogen (secondary N) is 1. The Morgan fingerprint density at radius 2 is 1.64 bits per heavy atom. The Morgan fingerprint density at radius 1 is 1.00 bits per heavy atom. The predicted molar refractivity (Wildman–Crippen MR) is 64.3 cm³/mol. The maximum Gasteiger partial charge on any atom is 0.00745 e. The molecule has 14 heavy (non-hydrogen) atoms. The third-order valence-electron chi connectivity index (χ3n) is 2.91. The molecule has 0 aliphatic heterocycles. The van der Waals surface area contributed by atoms with E-state index in [1.54, 1.807) is 0 Å². The molecule has 0 amide bonds. The van der Waals surface area contributed by atoms with Crippen LogP contribution in [-0.4, -0.2) is 19.6 Å². The Balaban J connectivity index is 3.46. The molecule has 0 aliphatic carbocycles. The first-order chi connectivity index (χ1) is 6.57. The van der Waals surface area contributed by atoms with Crippen molar-refractivity contribution in [1.82, 2.24) is 5.32 Å². The molecule has 2 atom stereocenters. The van der Waals surface area contributed by atoms with Gasteiger partial charge >= 0.3 is 0 Å². The van der Waals surface area contributed by atoms with E-state index in [9.17, 15) is 0 Å². The number of rotatable bonds is 8. The Labute approximate surface area is 89.6 Å². The van der Waals surface area contributed by atoms with Gasteiger partial charge in [0.15, 0.2) is 0 Å². The van der Waals surface area contributed by atoms with Crippen molar-refractivity contribution in [2.75, 3.05) is 19.6 Å². The van der Waals surface area contributed by atoms with Gasteiger partial charge in [0.05, 0.1) is 0 Å². The molecule has 0 radical (unpaired) electrons. The highest BCUT2D eigenvalue weighted by molar-refractivity contribution is 4.65. The first kappa shape index (κ1) is 13.9. The quantitative estimate of drug-likeness (QED) is 0.590. The van der Waals surface area contributed by atoms with Crippen LogP contribution in [0.2, 0.25) is 0 Å². The van der Waals surface area contributed by atoms with Crippen LogP contribution in [0.5, 0.6) is 0 Å². The third-order valence-corrected chi connectivity index (χ3v) is 2.91. The number of hydrogen-bond acceptors (Lipinski definition) is 2. The molecule has 2 heteroatoms. The zero-order valence-corrected chi connectivity index (χ0v) is 10.3. The van der Waals surface area contributed by atoms with Gasteiger partial charge in [-0.2, -0.15) is 0 Å². The molecule has 0 rings (SSSR count). The van der Waals surface area contributed by atoms with E-state index in [2.05, 4.69) is 33.0 Å². The molecule has 0 spiro atoms. The summed E-state index contributed by atoms with van der Waals surface area (Å²) < 4.78 is 0. The van der Waals surface area contributed by atoms with Crippen molar-refractivity contribution in [1.29, 1.82) is 0 Å². The van der Waals surface area contributed by atoms with E-state index in [1.165, 1.54) is 12.8 Å². The highest BCUT2D eigenvalue weighted by atomic mass is 14.9. The van der Waals surface area contributed by atoms with E-state index in [0.717, 1.165) is 37.4 Å². The topological polar surface area (TPSA) is 38.0 Å². The molecule has 2 nitrogen and oxygen atoms in total. The molecular weight excluding hydrogens is 172 g/mol. The summed E-state index contributed by atoms with van der Waals surface area (Å²) in [4.78, 5) is 0. The first-order valence-corrected chi connectivity index (χ1v) is 5.98. The van der Waals surface area contributed by atoms with Gasteiger partial charge in [0.1, 0.15) is 0 Å². The molecule has 86 valence electrons. The lowest BCUT2D eigenvalue weighted by Crippen LogP contribution is -2.25. The van der Waals surface area contributed by atoms with Gasteiger partial charge in [0, 0.05) is 13.1 Å². The van der Waals surface area contributed by atoms with E-state index >= 15 is 0 Å². The normalized spacial score (nSPS) is 15.9. The van der Waals surface area contributed by atoms with Gasteiger partial charge in [-0.25, -0.2) is 0 Å². The molecule has 3 N–H and O–H groups in total. The molecule has 0 heterocycles. The third kappa shape index (κ3) is 7.34. The minimum Gasteiger partial charge on any atom is -0.329 e. The lowest BCUT2D eigenvalue weighted by molar-refractivity contribution is 0.305. The van der Waals surface area contributed by atoms with E-state index in [-0.39, 0.29) is 0 Å². The van der Waals surface area contributed by atoms with Crippen molar-refractivity contribution in [3.8, 4) is 0 Å². The van der Waals surface area contributed by atoms with E-state index in [4.69, 9.17) is 5.73 Å². The Morgan fingerprint density at radius 3 is 2.14 bits per heavy atom. The highest BCUT2D eigenvalue weighted by Crippen LogP contribution is 2.21. The average Bonchev–Trinajstić information content (AvgIpc) is 2.11. The molecule has 0 fully saturated rings. The van der Waals surface area contributed by atoms with Gasteiger partial charge in [-0.3, -0.25) is 0 Å². The molecule has 0 bridgehead atoms. The lowest BCUT2D eigenvalue weighted by atomic mass is 9.86. The fraction of sp³-hybridized carbons (Fsp3) is 1.00. The summed E-state index contributed by atoms with van der Waals surface area (Å²) in [5.74, 6) is 2.49. The fourth-order valence-corrected chi connectivity index (χ4v) is 1.82. The minimum atomic E-state index is 0.746. The SMILES string of the molecule is CC(C)CC(C)C(C)CCNCCN. The molecule has 0 saturated heterocycles. The summed E-state index contributed by atoms with van der Waals surface area (Å²) in [7, 11) is 0. The molecule has 0 aliphatic rings. The van der Waals surface area contributed by atoms with Gasteiger partial charge in [-0.1, -0.05) is 27.7 Å². The minimum absolute atomic E-state index is 0.746. The average molecular weight is 200 g/mol. The molecular formula is C12H28N2. The van der Waals surface area contributed by atoms with E-state index in [0.29, 0.717) is 0 Å². The van der Waals surface area contributed by atoms with E-state index < -0.39 is 0 Å². The van der Waals surface area contributed by atoms with Crippen molar-refractivity contribution in [2.24, 2.45) is 23.5 Å². The van der Waals surface area contributed by atoms with E-state index in [1.807, 2.05) is 0 Å². The van der Waals surface area contributed by atoms with Gasteiger partial charge in [0.2, 0.25) is 0 Å². The molecule has 0 saturated carbocycles. The summed E-state index contributed by atoms with van der Waals surface area (Å²) >= 11 is 0. The lowest BCUT2D eigenvalue weighted by Gasteiger charge is -2.21. The zero-order valence-electron chi connectivity index (χ0n) is 10.3. The van der Waals surface area contributed by atoms with Gasteiger partial charge in [0.25, 0.3) is 0 Å². The second-order valence-electron chi connectivity index (χ2n) is 4.91. The van der Waals surface area contributed by atoms with Crippen molar-refractivity contribution in [3.63, 3.8) is 0 Å². The summed E-state index contributed by atoms with van der Waals surface area (Å²) in [6, 6.07) is 0. The molecule has 0 aromatic rings. The smallest absolute Gasteiger partial charge is 0.00745 e. The summed E-state index contributed by atoms with van der Waals surface area (Å²) in [6.45, 7) is 12.1. The maximum atomic E-state index is 5.41. The van der Waals surface area contributed by atoms with Gasteiger partial charge in [-0.05, 0) is 37.1 Å². The van der Waals surface area contributed by atoms with Crippen molar-refractivity contribution < 1.29 is 0 Å². The van der Waals surface area contributed by atoms with Crippen LogP contribution in [0.4, 0.5) is 0 Å². The summed E-state index contributed by atoms with van der Waals surface area (Å²) in [6.07, 6.45) is 2.62. The molecule has 2 unspecified atom stereocenters. The van der Waals surface area contributed by atoms with Crippen molar-refractivity contribution >= 4 is 0 Å². The van der Waals surface area contributed by atoms with Crippen LogP contribution < -0.4 is 11.1 Å².